The summed E-state index contributed by atoms with van der Waals surface area (Å²) >= 11 is 0. The summed E-state index contributed by atoms with van der Waals surface area (Å²) in [5, 5.41) is 3.83. The van der Waals surface area contributed by atoms with Crippen LogP contribution >= 0.6 is 0 Å². The molecule has 1 saturated heterocycles. The van der Waals surface area contributed by atoms with Crippen LogP contribution in [0.4, 0.5) is 0 Å². The molecule has 0 amide bonds. The van der Waals surface area contributed by atoms with E-state index in [4.69, 9.17) is 0 Å². The number of hydrogen-bond acceptors (Lipinski definition) is 2. The number of nitrogens with one attached hydrogen (secondary N) is 1. The van der Waals surface area contributed by atoms with E-state index in [1.165, 1.54) is 75.8 Å². The lowest BCUT2D eigenvalue weighted by atomic mass is 9.80. The fourth-order valence-electron chi connectivity index (χ4n) is 3.97. The fraction of sp³-hybridized carbons (Fsp3) is 0.667. The molecule has 2 nitrogen and oxygen atoms in total. The Morgan fingerprint density at radius 3 is 2.75 bits per heavy atom. The van der Waals surface area contributed by atoms with Crippen LogP contribution < -0.4 is 5.32 Å². The predicted molar refractivity (Wildman–Crippen MR) is 85.1 cm³/mol. The molecule has 1 saturated carbocycles. The molecule has 1 heterocycles. The quantitative estimate of drug-likeness (QED) is 0.909. The largest absolute Gasteiger partial charge is 0.309 e. The smallest absolute Gasteiger partial charge is 0.0309 e. The minimum atomic E-state index is 0.447. The van der Waals surface area contributed by atoms with Gasteiger partial charge in [-0.05, 0) is 37.3 Å². The molecule has 1 aromatic rings. The van der Waals surface area contributed by atoms with E-state index in [2.05, 4.69) is 41.4 Å². The van der Waals surface area contributed by atoms with E-state index in [1.807, 2.05) is 0 Å². The van der Waals surface area contributed by atoms with Crippen molar-refractivity contribution in [2.45, 2.75) is 51.0 Å². The summed E-state index contributed by atoms with van der Waals surface area (Å²) in [5.74, 6) is 0. The van der Waals surface area contributed by atoms with Gasteiger partial charge in [0.1, 0.15) is 0 Å². The van der Waals surface area contributed by atoms with Gasteiger partial charge in [0.15, 0.2) is 0 Å². The lowest BCUT2D eigenvalue weighted by molar-refractivity contribution is 0.100. The number of aryl methyl sites for hydroxylation is 1. The third kappa shape index (κ3) is 3.24. The Labute approximate surface area is 123 Å². The van der Waals surface area contributed by atoms with Crippen LogP contribution in [0, 0.1) is 6.92 Å². The monoisotopic (exact) mass is 272 g/mol. The van der Waals surface area contributed by atoms with Crippen molar-refractivity contribution in [1.29, 1.82) is 0 Å². The van der Waals surface area contributed by atoms with Gasteiger partial charge in [-0.15, -0.1) is 0 Å². The molecule has 0 bridgehead atoms. The van der Waals surface area contributed by atoms with Crippen LogP contribution in [0.5, 0.6) is 0 Å². The van der Waals surface area contributed by atoms with E-state index >= 15 is 0 Å². The molecular formula is C18H28N2. The Bertz CT molecular complexity index is 429. The van der Waals surface area contributed by atoms with Crippen molar-refractivity contribution in [3.05, 3.63) is 35.4 Å². The zero-order valence-corrected chi connectivity index (χ0v) is 12.8. The van der Waals surface area contributed by atoms with Crippen LogP contribution in [0.1, 0.15) is 43.2 Å². The van der Waals surface area contributed by atoms with Gasteiger partial charge in [-0.1, -0.05) is 43.5 Å². The summed E-state index contributed by atoms with van der Waals surface area (Å²) in [4.78, 5) is 2.69. The number of piperazine rings is 1. The van der Waals surface area contributed by atoms with E-state index in [9.17, 15) is 0 Å². The summed E-state index contributed by atoms with van der Waals surface area (Å²) < 4.78 is 0. The van der Waals surface area contributed by atoms with E-state index in [0.717, 1.165) is 0 Å². The van der Waals surface area contributed by atoms with Crippen molar-refractivity contribution in [3.63, 3.8) is 0 Å². The van der Waals surface area contributed by atoms with Gasteiger partial charge < -0.3 is 5.32 Å². The molecule has 0 aromatic heterocycles. The highest BCUT2D eigenvalue weighted by Gasteiger charge is 2.35. The predicted octanol–water partition coefficient (Wildman–Crippen LogP) is 3.15. The summed E-state index contributed by atoms with van der Waals surface area (Å²) in [6.45, 7) is 7.10. The van der Waals surface area contributed by atoms with Gasteiger partial charge in [0.2, 0.25) is 0 Å². The first kappa shape index (κ1) is 14.1. The molecule has 1 spiro atoms. The summed E-state index contributed by atoms with van der Waals surface area (Å²) in [6, 6.07) is 8.83. The Hall–Kier alpha value is -0.860. The zero-order valence-electron chi connectivity index (χ0n) is 12.8. The van der Waals surface area contributed by atoms with E-state index in [0.29, 0.717) is 5.54 Å². The van der Waals surface area contributed by atoms with Crippen LogP contribution in [-0.4, -0.2) is 36.6 Å². The lowest BCUT2D eigenvalue weighted by Gasteiger charge is -2.46. The second kappa shape index (κ2) is 6.28. The Morgan fingerprint density at radius 1 is 1.15 bits per heavy atom. The summed E-state index contributed by atoms with van der Waals surface area (Å²) in [6.07, 6.45) is 8.23. The molecule has 110 valence electrons. The lowest BCUT2D eigenvalue weighted by Crippen LogP contribution is -2.61. The highest BCUT2D eigenvalue weighted by molar-refractivity contribution is 5.25. The van der Waals surface area contributed by atoms with Gasteiger partial charge in [-0.3, -0.25) is 4.90 Å². The molecule has 1 aromatic carbocycles. The third-order valence-electron chi connectivity index (χ3n) is 5.22. The maximum absolute atomic E-state index is 3.83. The first-order chi connectivity index (χ1) is 9.77. The van der Waals surface area contributed by atoms with Gasteiger partial charge in [-0.25, -0.2) is 0 Å². The third-order valence-corrected chi connectivity index (χ3v) is 5.22. The molecule has 1 N–H and O–H groups in total. The minimum Gasteiger partial charge on any atom is -0.309 e. The molecule has 2 aliphatic rings. The van der Waals surface area contributed by atoms with E-state index < -0.39 is 0 Å². The second-order valence-corrected chi connectivity index (χ2v) is 6.72. The van der Waals surface area contributed by atoms with E-state index in [1.54, 1.807) is 0 Å². The molecular weight excluding hydrogens is 244 g/mol. The second-order valence-electron chi connectivity index (χ2n) is 6.72. The normalized spacial score (nSPS) is 23.1. The first-order valence-electron chi connectivity index (χ1n) is 8.29. The van der Waals surface area contributed by atoms with Crippen molar-refractivity contribution in [2.24, 2.45) is 0 Å². The highest BCUT2D eigenvalue weighted by atomic mass is 15.2. The topological polar surface area (TPSA) is 15.3 Å². The van der Waals surface area contributed by atoms with E-state index in [-0.39, 0.29) is 0 Å². The van der Waals surface area contributed by atoms with Gasteiger partial charge in [-0.2, -0.15) is 0 Å². The number of benzene rings is 1. The van der Waals surface area contributed by atoms with Crippen LogP contribution in [0.25, 0.3) is 0 Å². The highest BCUT2D eigenvalue weighted by Crippen LogP contribution is 2.30. The average Bonchev–Trinajstić information content (AvgIpc) is 2.47. The molecule has 1 aliphatic heterocycles. The van der Waals surface area contributed by atoms with Gasteiger partial charge in [0, 0.05) is 31.7 Å². The molecule has 3 rings (SSSR count). The van der Waals surface area contributed by atoms with Crippen molar-refractivity contribution in [2.75, 3.05) is 26.2 Å². The van der Waals surface area contributed by atoms with Crippen LogP contribution in [0.3, 0.4) is 0 Å². The van der Waals surface area contributed by atoms with Crippen molar-refractivity contribution in [3.8, 4) is 0 Å². The van der Waals surface area contributed by atoms with Gasteiger partial charge in [0.05, 0.1) is 0 Å². The van der Waals surface area contributed by atoms with Crippen LogP contribution in [0.15, 0.2) is 24.3 Å². The molecule has 1 aliphatic carbocycles. The molecule has 20 heavy (non-hydrogen) atoms. The van der Waals surface area contributed by atoms with Crippen LogP contribution in [0.2, 0.25) is 0 Å². The maximum atomic E-state index is 3.83. The Balaban J connectivity index is 1.56. The number of rotatable bonds is 3. The van der Waals surface area contributed by atoms with Crippen molar-refractivity contribution >= 4 is 0 Å². The van der Waals surface area contributed by atoms with Crippen molar-refractivity contribution < 1.29 is 0 Å². The fourth-order valence-corrected chi connectivity index (χ4v) is 3.97. The zero-order chi connectivity index (χ0) is 13.8. The van der Waals surface area contributed by atoms with Gasteiger partial charge in [0.25, 0.3) is 0 Å². The SMILES string of the molecule is Cc1ccccc1CCN1CCNC2(CCCCC2)C1. The number of nitrogens with zero attached hydrogens (tertiary/aromatic N) is 1. The molecule has 0 atom stereocenters. The van der Waals surface area contributed by atoms with Gasteiger partial charge >= 0.3 is 0 Å². The average molecular weight is 272 g/mol. The number of hydrogen-bond donors (Lipinski definition) is 1. The maximum Gasteiger partial charge on any atom is 0.0309 e. The first-order valence-corrected chi connectivity index (χ1v) is 8.29. The molecule has 2 heteroatoms. The Kier molecular flexibility index (Phi) is 4.42. The molecule has 2 fully saturated rings. The summed E-state index contributed by atoms with van der Waals surface area (Å²) in [7, 11) is 0. The van der Waals surface area contributed by atoms with Crippen molar-refractivity contribution in [1.82, 2.24) is 10.2 Å². The molecule has 0 unspecified atom stereocenters. The summed E-state index contributed by atoms with van der Waals surface area (Å²) in [5.41, 5.74) is 3.40. The standard InChI is InChI=1S/C18H28N2/c1-16-7-3-4-8-17(16)9-13-20-14-12-19-18(15-20)10-5-2-6-11-18/h3-4,7-8,19H,2,5-6,9-15H2,1H3. The molecule has 0 radical (unpaired) electrons. The minimum absolute atomic E-state index is 0.447. The van der Waals surface area contributed by atoms with Crippen LogP contribution in [-0.2, 0) is 6.42 Å². The Morgan fingerprint density at radius 2 is 1.95 bits per heavy atom.